The van der Waals surface area contributed by atoms with Crippen LogP contribution in [0.1, 0.15) is 15.9 Å². The highest BCUT2D eigenvalue weighted by atomic mass is 35.5. The number of rotatable bonds is 3. The summed E-state index contributed by atoms with van der Waals surface area (Å²) in [4.78, 5) is 16.0. The second-order valence-corrected chi connectivity index (χ2v) is 4.35. The van der Waals surface area contributed by atoms with Crippen LogP contribution >= 0.6 is 23.2 Å². The molecular weight excluding hydrogens is 271 g/mol. The van der Waals surface area contributed by atoms with E-state index in [4.69, 9.17) is 23.2 Å². The van der Waals surface area contributed by atoms with Gasteiger partial charge in [0.15, 0.2) is 0 Å². The summed E-state index contributed by atoms with van der Waals surface area (Å²) in [5.41, 5.74) is 1.43. The fourth-order valence-corrected chi connectivity index (χ4v) is 1.78. The number of pyridine rings is 1. The molecule has 0 saturated heterocycles. The van der Waals surface area contributed by atoms with Gasteiger partial charge >= 0.3 is 0 Å². The van der Waals surface area contributed by atoms with Gasteiger partial charge < -0.3 is 5.32 Å². The topological polar surface area (TPSA) is 42.0 Å². The van der Waals surface area contributed by atoms with Gasteiger partial charge in [0.05, 0.1) is 0 Å². The number of benzene rings is 1. The minimum atomic E-state index is -0.239. The Kier molecular flexibility index (Phi) is 4.18. The molecule has 0 unspecified atom stereocenters. The number of carbonyl (C=O) groups excluding carboxylic acids is 1. The highest BCUT2D eigenvalue weighted by molar-refractivity contribution is 6.30. The van der Waals surface area contributed by atoms with Gasteiger partial charge in [-0.05, 0) is 29.8 Å². The number of carbonyl (C=O) groups is 1. The van der Waals surface area contributed by atoms with Crippen LogP contribution in [0.4, 0.5) is 5.82 Å². The lowest BCUT2D eigenvalue weighted by atomic mass is 10.1. The van der Waals surface area contributed by atoms with Crippen LogP contribution in [0, 0.1) is 0 Å². The number of halogens is 2. The molecule has 18 heavy (non-hydrogen) atoms. The molecule has 0 fully saturated rings. The Morgan fingerprint density at radius 1 is 1.28 bits per heavy atom. The smallest absolute Gasteiger partial charge is 0.256 e. The number of nitrogens with one attached hydrogen (secondary N) is 1. The van der Waals surface area contributed by atoms with Gasteiger partial charge in [0, 0.05) is 22.7 Å². The second-order valence-electron chi connectivity index (χ2n) is 3.65. The lowest BCUT2D eigenvalue weighted by molar-refractivity contribution is 0.102. The Morgan fingerprint density at radius 2 is 2.11 bits per heavy atom. The Morgan fingerprint density at radius 3 is 2.83 bits per heavy atom. The Bertz CT molecular complexity index is 572. The van der Waals surface area contributed by atoms with Crippen molar-refractivity contribution in [3.63, 3.8) is 0 Å². The first-order valence-electron chi connectivity index (χ1n) is 5.27. The molecule has 1 N–H and O–H groups in total. The van der Waals surface area contributed by atoms with Crippen molar-refractivity contribution in [3.8, 4) is 0 Å². The minimum absolute atomic E-state index is 0.239. The van der Waals surface area contributed by atoms with E-state index < -0.39 is 0 Å². The third kappa shape index (κ3) is 3.22. The van der Waals surface area contributed by atoms with E-state index in [-0.39, 0.29) is 5.91 Å². The molecule has 1 heterocycles. The molecule has 0 atom stereocenters. The van der Waals surface area contributed by atoms with E-state index in [1.165, 1.54) is 6.20 Å². The van der Waals surface area contributed by atoms with Crippen LogP contribution < -0.4 is 5.32 Å². The van der Waals surface area contributed by atoms with Crippen molar-refractivity contribution in [2.45, 2.75) is 5.88 Å². The monoisotopic (exact) mass is 280 g/mol. The third-order valence-corrected chi connectivity index (χ3v) is 2.85. The fourth-order valence-electron chi connectivity index (χ4n) is 1.46. The highest BCUT2D eigenvalue weighted by Gasteiger charge is 2.07. The summed E-state index contributed by atoms with van der Waals surface area (Å²) in [6, 6.07) is 10.3. The van der Waals surface area contributed by atoms with E-state index in [2.05, 4.69) is 10.3 Å². The van der Waals surface area contributed by atoms with Crippen molar-refractivity contribution in [1.29, 1.82) is 0 Å². The summed E-state index contributed by atoms with van der Waals surface area (Å²) in [6.07, 6.45) is 1.53. The van der Waals surface area contributed by atoms with E-state index in [0.717, 1.165) is 5.56 Å². The van der Waals surface area contributed by atoms with Gasteiger partial charge in [-0.15, -0.1) is 11.6 Å². The number of alkyl halides is 1. The van der Waals surface area contributed by atoms with Crippen LogP contribution in [0.15, 0.2) is 42.6 Å². The van der Waals surface area contributed by atoms with E-state index >= 15 is 0 Å². The normalized spacial score (nSPS) is 10.1. The summed E-state index contributed by atoms with van der Waals surface area (Å²) in [5.74, 6) is 0.553. The molecule has 0 aliphatic rings. The first kappa shape index (κ1) is 12.9. The maximum absolute atomic E-state index is 12.0. The lowest BCUT2D eigenvalue weighted by Gasteiger charge is -2.05. The molecule has 2 aromatic rings. The predicted octanol–water partition coefficient (Wildman–Crippen LogP) is 3.73. The SMILES string of the molecule is O=C(Nc1cc(Cl)ccn1)c1cccc(CCl)c1. The number of amides is 1. The molecule has 3 nitrogen and oxygen atoms in total. The molecule has 0 aliphatic carbocycles. The van der Waals surface area contributed by atoms with Crippen molar-refractivity contribution < 1.29 is 4.79 Å². The number of anilines is 1. The first-order valence-corrected chi connectivity index (χ1v) is 6.18. The third-order valence-electron chi connectivity index (χ3n) is 2.31. The van der Waals surface area contributed by atoms with Crippen LogP contribution in [0.2, 0.25) is 5.02 Å². The largest absolute Gasteiger partial charge is 0.307 e. The molecule has 1 aromatic heterocycles. The fraction of sp³-hybridized carbons (Fsp3) is 0.0769. The highest BCUT2D eigenvalue weighted by Crippen LogP contribution is 2.14. The molecule has 1 amide bonds. The van der Waals surface area contributed by atoms with E-state index in [0.29, 0.717) is 22.3 Å². The van der Waals surface area contributed by atoms with Crippen molar-refractivity contribution in [3.05, 3.63) is 58.7 Å². The van der Waals surface area contributed by atoms with Gasteiger partial charge in [-0.1, -0.05) is 23.7 Å². The summed E-state index contributed by atoms with van der Waals surface area (Å²) < 4.78 is 0. The number of aromatic nitrogens is 1. The molecule has 92 valence electrons. The van der Waals surface area contributed by atoms with Crippen molar-refractivity contribution in [2.75, 3.05) is 5.32 Å². The number of nitrogens with zero attached hydrogens (tertiary/aromatic N) is 1. The minimum Gasteiger partial charge on any atom is -0.307 e. The standard InChI is InChI=1S/C13H10Cl2N2O/c14-8-9-2-1-3-10(6-9)13(18)17-12-7-11(15)4-5-16-12/h1-7H,8H2,(H,16,17,18). The quantitative estimate of drug-likeness (QED) is 0.871. The van der Waals surface area contributed by atoms with Gasteiger partial charge in [0.2, 0.25) is 0 Å². The summed E-state index contributed by atoms with van der Waals surface area (Å²) in [5, 5.41) is 3.20. The van der Waals surface area contributed by atoms with Crippen LogP contribution in [-0.4, -0.2) is 10.9 Å². The van der Waals surface area contributed by atoms with Gasteiger partial charge in [-0.3, -0.25) is 4.79 Å². The van der Waals surface area contributed by atoms with Gasteiger partial charge in [-0.25, -0.2) is 4.98 Å². The van der Waals surface area contributed by atoms with Crippen LogP contribution in [-0.2, 0) is 5.88 Å². The molecule has 0 aliphatic heterocycles. The second kappa shape index (κ2) is 5.85. The average molecular weight is 281 g/mol. The maximum Gasteiger partial charge on any atom is 0.256 e. The summed E-state index contributed by atoms with van der Waals surface area (Å²) >= 11 is 11.5. The Balaban J connectivity index is 2.16. The van der Waals surface area contributed by atoms with Crippen molar-refractivity contribution in [2.24, 2.45) is 0 Å². The van der Waals surface area contributed by atoms with E-state index in [1.54, 1.807) is 30.3 Å². The van der Waals surface area contributed by atoms with Gasteiger partial charge in [0.1, 0.15) is 5.82 Å². The summed E-state index contributed by atoms with van der Waals surface area (Å²) in [7, 11) is 0. The first-order chi connectivity index (χ1) is 8.69. The molecule has 0 bridgehead atoms. The zero-order valence-corrected chi connectivity index (χ0v) is 10.9. The van der Waals surface area contributed by atoms with Gasteiger partial charge in [-0.2, -0.15) is 0 Å². The average Bonchev–Trinajstić information content (AvgIpc) is 2.39. The zero-order chi connectivity index (χ0) is 13.0. The van der Waals surface area contributed by atoms with Crippen molar-refractivity contribution >= 4 is 34.9 Å². The van der Waals surface area contributed by atoms with Crippen molar-refractivity contribution in [1.82, 2.24) is 4.98 Å². The van der Waals surface area contributed by atoms with Gasteiger partial charge in [0.25, 0.3) is 5.91 Å². The van der Waals surface area contributed by atoms with Crippen LogP contribution in [0.25, 0.3) is 0 Å². The zero-order valence-electron chi connectivity index (χ0n) is 9.36. The molecule has 0 saturated carbocycles. The molecule has 0 spiro atoms. The summed E-state index contributed by atoms with van der Waals surface area (Å²) in [6.45, 7) is 0. The molecule has 5 heteroatoms. The molecule has 2 rings (SSSR count). The number of hydrogen-bond donors (Lipinski definition) is 1. The van der Waals surface area contributed by atoms with E-state index in [9.17, 15) is 4.79 Å². The van der Waals surface area contributed by atoms with Crippen LogP contribution in [0.5, 0.6) is 0 Å². The van der Waals surface area contributed by atoms with Crippen LogP contribution in [0.3, 0.4) is 0 Å². The molecule has 0 radical (unpaired) electrons. The Labute approximate surface area is 115 Å². The maximum atomic E-state index is 12.0. The lowest BCUT2D eigenvalue weighted by Crippen LogP contribution is -2.13. The molecular formula is C13H10Cl2N2O. The Hall–Kier alpha value is -1.58. The van der Waals surface area contributed by atoms with E-state index in [1.807, 2.05) is 6.07 Å². The predicted molar refractivity (Wildman–Crippen MR) is 73.2 cm³/mol. The molecule has 1 aromatic carbocycles. The number of hydrogen-bond acceptors (Lipinski definition) is 2.